The Bertz CT molecular complexity index is 1030. The van der Waals surface area contributed by atoms with Gasteiger partial charge in [-0.15, -0.1) is 0 Å². The van der Waals surface area contributed by atoms with Crippen LogP contribution in [0.15, 0.2) is 41.5 Å². The number of nitrogens with zero attached hydrogens (tertiary/aromatic N) is 2. The first-order chi connectivity index (χ1) is 13.2. The molecule has 0 radical (unpaired) electrons. The number of nitrogens with one attached hydrogen (secondary N) is 1. The molecule has 1 amide bonds. The number of rotatable bonds is 6. The lowest BCUT2D eigenvalue weighted by atomic mass is 10.1. The topological polar surface area (TPSA) is 97.3 Å². The van der Waals surface area contributed by atoms with Gasteiger partial charge in [0.05, 0.1) is 18.2 Å². The summed E-state index contributed by atoms with van der Waals surface area (Å²) >= 11 is 0. The zero-order valence-corrected chi connectivity index (χ0v) is 16.6. The van der Waals surface area contributed by atoms with Crippen molar-refractivity contribution in [3.63, 3.8) is 0 Å². The van der Waals surface area contributed by atoms with E-state index in [1.54, 1.807) is 31.2 Å². The predicted molar refractivity (Wildman–Crippen MR) is 106 cm³/mol. The fraction of sp³-hybridized carbons (Fsp3) is 0.263. The number of carbonyl (C=O) groups excluding carboxylic acids is 1. The molecule has 0 unspecified atom stereocenters. The molecule has 1 N–H and O–H groups in total. The van der Waals surface area contributed by atoms with E-state index < -0.39 is 15.9 Å². The summed E-state index contributed by atoms with van der Waals surface area (Å²) in [6, 6.07) is 10.7. The molecule has 9 heteroatoms. The summed E-state index contributed by atoms with van der Waals surface area (Å²) in [5, 5.41) is 3.89. The molecule has 0 saturated heterocycles. The highest BCUT2D eigenvalue weighted by Gasteiger charge is 2.22. The van der Waals surface area contributed by atoms with Crippen LogP contribution in [0.25, 0.3) is 0 Å². The van der Waals surface area contributed by atoms with Crippen LogP contribution < -0.4 is 19.2 Å². The van der Waals surface area contributed by atoms with E-state index in [0.717, 1.165) is 21.7 Å². The Morgan fingerprint density at radius 3 is 2.68 bits per heavy atom. The predicted octanol–water partition coefficient (Wildman–Crippen LogP) is 1.95. The molecule has 0 bridgehead atoms. The Labute approximate surface area is 163 Å². The van der Waals surface area contributed by atoms with Crippen molar-refractivity contribution < 1.29 is 22.7 Å². The van der Waals surface area contributed by atoms with Crippen LogP contribution in [0.2, 0.25) is 0 Å². The maximum absolute atomic E-state index is 12.3. The molecule has 0 spiro atoms. The molecule has 148 valence electrons. The van der Waals surface area contributed by atoms with Gasteiger partial charge in [-0.2, -0.15) is 5.10 Å². The van der Waals surface area contributed by atoms with E-state index in [9.17, 15) is 13.2 Å². The Morgan fingerprint density at radius 1 is 1.18 bits per heavy atom. The molecular formula is C19H21N3O5S. The summed E-state index contributed by atoms with van der Waals surface area (Å²) in [6.45, 7) is 3.45. The van der Waals surface area contributed by atoms with E-state index >= 15 is 0 Å². The largest absolute Gasteiger partial charge is 0.454 e. The van der Waals surface area contributed by atoms with E-state index in [1.165, 1.54) is 6.21 Å². The highest BCUT2D eigenvalue weighted by molar-refractivity contribution is 7.92. The number of ether oxygens (including phenoxy) is 2. The minimum absolute atomic E-state index is 0.173. The number of carbonyl (C=O) groups is 1. The molecule has 0 fully saturated rings. The smallest absolute Gasteiger partial charge is 0.260 e. The van der Waals surface area contributed by atoms with Crippen molar-refractivity contribution in [3.8, 4) is 11.5 Å². The van der Waals surface area contributed by atoms with Gasteiger partial charge in [0, 0.05) is 0 Å². The highest BCUT2D eigenvalue weighted by atomic mass is 32.2. The number of hydrogen-bond acceptors (Lipinski definition) is 6. The number of anilines is 1. The second-order valence-electron chi connectivity index (χ2n) is 6.47. The molecule has 0 aromatic heterocycles. The van der Waals surface area contributed by atoms with Crippen LogP contribution in [-0.4, -0.2) is 40.1 Å². The van der Waals surface area contributed by atoms with E-state index in [-0.39, 0.29) is 13.3 Å². The third-order valence-electron chi connectivity index (χ3n) is 4.12. The van der Waals surface area contributed by atoms with E-state index in [1.807, 2.05) is 19.1 Å². The molecular weight excluding hydrogens is 382 g/mol. The van der Waals surface area contributed by atoms with Crippen molar-refractivity contribution in [3.05, 3.63) is 53.1 Å². The summed E-state index contributed by atoms with van der Waals surface area (Å²) in [5.74, 6) is 0.704. The number of hydrogen-bond donors (Lipinski definition) is 1. The number of fused-ring (bicyclic) bond motifs is 1. The standard InChI is InChI=1S/C19H21N3O5S/c1-13-4-5-14(2)16(8-13)22(28(3,24)25)11-19(23)21-20-10-15-6-7-17-18(9-15)27-12-26-17/h4-10H,11-12H2,1-3H3,(H,21,23)/b20-10-. The van der Waals surface area contributed by atoms with Crippen LogP contribution in [0, 0.1) is 13.8 Å². The fourth-order valence-corrected chi connectivity index (χ4v) is 3.61. The Hall–Kier alpha value is -3.07. The molecule has 2 aromatic rings. The first-order valence-electron chi connectivity index (χ1n) is 8.50. The van der Waals surface area contributed by atoms with E-state index in [0.29, 0.717) is 22.7 Å². The maximum atomic E-state index is 12.3. The lowest BCUT2D eigenvalue weighted by Crippen LogP contribution is -2.39. The molecule has 1 aliphatic heterocycles. The van der Waals surface area contributed by atoms with Gasteiger partial charge < -0.3 is 9.47 Å². The van der Waals surface area contributed by atoms with Crippen LogP contribution in [-0.2, 0) is 14.8 Å². The van der Waals surface area contributed by atoms with Crippen LogP contribution in [0.1, 0.15) is 16.7 Å². The number of amides is 1. The Balaban J connectivity index is 1.70. The number of hydrazone groups is 1. The first-order valence-corrected chi connectivity index (χ1v) is 10.4. The molecule has 3 rings (SSSR count). The Morgan fingerprint density at radius 2 is 1.93 bits per heavy atom. The second kappa shape index (κ2) is 7.89. The summed E-state index contributed by atoms with van der Waals surface area (Å²) in [6.07, 6.45) is 2.51. The van der Waals surface area contributed by atoms with Crippen molar-refractivity contribution in [1.29, 1.82) is 0 Å². The highest BCUT2D eigenvalue weighted by Crippen LogP contribution is 2.32. The van der Waals surface area contributed by atoms with Gasteiger partial charge in [0.15, 0.2) is 11.5 Å². The molecule has 2 aromatic carbocycles. The second-order valence-corrected chi connectivity index (χ2v) is 8.37. The SMILES string of the molecule is Cc1ccc(C)c(N(CC(=O)N/N=C\c2ccc3c(c2)OCO3)S(C)(=O)=O)c1. The van der Waals surface area contributed by atoms with Gasteiger partial charge in [-0.25, -0.2) is 13.8 Å². The summed E-state index contributed by atoms with van der Waals surface area (Å²) in [5.41, 5.74) is 5.19. The minimum atomic E-state index is -3.65. The molecule has 0 atom stereocenters. The molecule has 0 saturated carbocycles. The van der Waals surface area contributed by atoms with Gasteiger partial charge in [0.1, 0.15) is 6.54 Å². The van der Waals surface area contributed by atoms with Crippen LogP contribution in [0.4, 0.5) is 5.69 Å². The molecule has 0 aliphatic carbocycles. The number of sulfonamides is 1. The lowest BCUT2D eigenvalue weighted by molar-refractivity contribution is -0.119. The molecule has 28 heavy (non-hydrogen) atoms. The fourth-order valence-electron chi connectivity index (χ4n) is 2.71. The average molecular weight is 403 g/mol. The van der Waals surface area contributed by atoms with Gasteiger partial charge in [-0.3, -0.25) is 9.10 Å². The lowest BCUT2D eigenvalue weighted by Gasteiger charge is -2.23. The molecule has 1 heterocycles. The average Bonchev–Trinajstić information content (AvgIpc) is 3.09. The summed E-state index contributed by atoms with van der Waals surface area (Å²) in [4.78, 5) is 12.3. The number of benzene rings is 2. The normalized spacial score (nSPS) is 13.0. The van der Waals surface area contributed by atoms with Crippen molar-refractivity contribution in [1.82, 2.24) is 5.43 Å². The van der Waals surface area contributed by atoms with Crippen molar-refractivity contribution in [2.24, 2.45) is 5.10 Å². The van der Waals surface area contributed by atoms with Crippen molar-refractivity contribution in [2.75, 3.05) is 23.9 Å². The third-order valence-corrected chi connectivity index (χ3v) is 5.25. The van der Waals surface area contributed by atoms with Gasteiger partial charge >= 0.3 is 0 Å². The van der Waals surface area contributed by atoms with Gasteiger partial charge in [0.25, 0.3) is 5.91 Å². The summed E-state index contributed by atoms with van der Waals surface area (Å²) in [7, 11) is -3.65. The quantitative estimate of drug-likeness (QED) is 0.587. The van der Waals surface area contributed by atoms with Crippen molar-refractivity contribution in [2.45, 2.75) is 13.8 Å². The van der Waals surface area contributed by atoms with Crippen LogP contribution >= 0.6 is 0 Å². The van der Waals surface area contributed by atoms with Crippen molar-refractivity contribution >= 4 is 27.8 Å². The number of aryl methyl sites for hydroxylation is 2. The third kappa shape index (κ3) is 4.61. The first kappa shape index (κ1) is 19.7. The van der Waals surface area contributed by atoms with Gasteiger partial charge in [-0.05, 0) is 54.8 Å². The zero-order chi connectivity index (χ0) is 20.3. The monoisotopic (exact) mass is 403 g/mol. The minimum Gasteiger partial charge on any atom is -0.454 e. The Kier molecular flexibility index (Phi) is 5.55. The van der Waals surface area contributed by atoms with E-state index in [4.69, 9.17) is 9.47 Å². The van der Waals surface area contributed by atoms with Gasteiger partial charge in [-0.1, -0.05) is 12.1 Å². The maximum Gasteiger partial charge on any atom is 0.260 e. The zero-order valence-electron chi connectivity index (χ0n) is 15.8. The summed E-state index contributed by atoms with van der Waals surface area (Å²) < 4.78 is 36.0. The molecule has 1 aliphatic rings. The van der Waals surface area contributed by atoms with Crippen LogP contribution in [0.3, 0.4) is 0 Å². The van der Waals surface area contributed by atoms with E-state index in [2.05, 4.69) is 10.5 Å². The molecule has 8 nitrogen and oxygen atoms in total. The van der Waals surface area contributed by atoms with Gasteiger partial charge in [0.2, 0.25) is 16.8 Å². The van der Waals surface area contributed by atoms with Crippen LogP contribution in [0.5, 0.6) is 11.5 Å².